The molecule has 33 heavy (non-hydrogen) atoms. The summed E-state index contributed by atoms with van der Waals surface area (Å²) in [7, 11) is 0. The van der Waals surface area contributed by atoms with Crippen molar-refractivity contribution < 1.29 is 9.53 Å². The van der Waals surface area contributed by atoms with E-state index >= 15 is 0 Å². The number of hydrogen-bond donors (Lipinski definition) is 1. The molecule has 3 aromatic carbocycles. The summed E-state index contributed by atoms with van der Waals surface area (Å²) in [6.07, 6.45) is 1.76. The number of anilines is 1. The van der Waals surface area contributed by atoms with Crippen LogP contribution in [0.3, 0.4) is 0 Å². The van der Waals surface area contributed by atoms with Crippen LogP contribution < -0.4 is 5.43 Å². The van der Waals surface area contributed by atoms with Crippen LogP contribution in [0.2, 0.25) is 0 Å². The Morgan fingerprint density at radius 2 is 1.67 bits per heavy atom. The molecule has 0 aliphatic carbocycles. The SMILES string of the molecule is CCOC(=O)c1ccc(N=Nc2[se]c(N/N=C/c3ccccc3)nc2-c2ccccc2)cc1. The maximum absolute atomic E-state index is 11.8. The Bertz CT molecular complexity index is 1250. The van der Waals surface area contributed by atoms with Crippen molar-refractivity contribution >= 4 is 41.6 Å². The molecule has 0 atom stereocenters. The fraction of sp³-hybridized carbons (Fsp3) is 0.0800. The van der Waals surface area contributed by atoms with Crippen LogP contribution in [-0.2, 0) is 4.74 Å². The number of hydrazone groups is 1. The van der Waals surface area contributed by atoms with Crippen molar-refractivity contribution in [2.45, 2.75) is 6.92 Å². The number of esters is 1. The van der Waals surface area contributed by atoms with Gasteiger partial charge in [0.05, 0.1) is 0 Å². The minimum absolute atomic E-state index is 0.187. The van der Waals surface area contributed by atoms with E-state index in [1.165, 1.54) is 0 Å². The Morgan fingerprint density at radius 3 is 2.36 bits per heavy atom. The van der Waals surface area contributed by atoms with E-state index in [0.29, 0.717) is 17.9 Å². The van der Waals surface area contributed by atoms with Crippen molar-refractivity contribution in [2.24, 2.45) is 15.3 Å². The molecule has 0 aliphatic heterocycles. The van der Waals surface area contributed by atoms with Crippen LogP contribution in [0.5, 0.6) is 0 Å². The Labute approximate surface area is 197 Å². The van der Waals surface area contributed by atoms with Crippen LogP contribution in [-0.4, -0.2) is 38.3 Å². The van der Waals surface area contributed by atoms with Gasteiger partial charge in [0.15, 0.2) is 0 Å². The Morgan fingerprint density at radius 1 is 0.970 bits per heavy atom. The van der Waals surface area contributed by atoms with E-state index in [9.17, 15) is 4.79 Å². The van der Waals surface area contributed by atoms with Gasteiger partial charge in [0, 0.05) is 0 Å². The van der Waals surface area contributed by atoms with Crippen molar-refractivity contribution in [1.29, 1.82) is 0 Å². The number of rotatable bonds is 8. The summed E-state index contributed by atoms with van der Waals surface area (Å²) in [5, 5.41) is 13.2. The van der Waals surface area contributed by atoms with E-state index in [-0.39, 0.29) is 20.5 Å². The van der Waals surface area contributed by atoms with Gasteiger partial charge in [-0.05, 0) is 0 Å². The molecule has 0 unspecified atom stereocenters. The first-order valence-corrected chi connectivity index (χ1v) is 12.0. The molecule has 0 saturated carbocycles. The molecule has 1 heterocycles. The van der Waals surface area contributed by atoms with Gasteiger partial charge in [-0.1, -0.05) is 0 Å². The van der Waals surface area contributed by atoms with Gasteiger partial charge in [0.1, 0.15) is 0 Å². The third-order valence-corrected chi connectivity index (χ3v) is 6.24. The Kier molecular flexibility index (Phi) is 7.53. The average molecular weight is 502 g/mol. The van der Waals surface area contributed by atoms with Crippen LogP contribution in [0, 0.1) is 0 Å². The number of carbonyl (C=O) groups excluding carboxylic acids is 1. The number of nitrogens with zero attached hydrogens (tertiary/aromatic N) is 4. The summed E-state index contributed by atoms with van der Waals surface area (Å²) in [4.78, 5) is 16.5. The third-order valence-electron chi connectivity index (χ3n) is 4.46. The van der Waals surface area contributed by atoms with Crippen LogP contribution in [0.1, 0.15) is 22.8 Å². The van der Waals surface area contributed by atoms with Gasteiger partial charge >= 0.3 is 198 Å². The number of aromatic nitrogens is 1. The van der Waals surface area contributed by atoms with Crippen molar-refractivity contribution in [2.75, 3.05) is 12.0 Å². The molecule has 0 spiro atoms. The number of carbonyl (C=O) groups is 1. The molecule has 7 nitrogen and oxygen atoms in total. The van der Waals surface area contributed by atoms with Crippen LogP contribution in [0.15, 0.2) is 100 Å². The van der Waals surface area contributed by atoms with Crippen LogP contribution in [0.4, 0.5) is 14.9 Å². The molecule has 0 aliphatic rings. The predicted octanol–water partition coefficient (Wildman–Crippen LogP) is 5.84. The molecule has 164 valence electrons. The monoisotopic (exact) mass is 503 g/mol. The van der Waals surface area contributed by atoms with Gasteiger partial charge in [-0.3, -0.25) is 0 Å². The van der Waals surface area contributed by atoms with Gasteiger partial charge in [-0.15, -0.1) is 0 Å². The zero-order chi connectivity index (χ0) is 22.9. The summed E-state index contributed by atoms with van der Waals surface area (Å²) in [6.45, 7) is 2.12. The third kappa shape index (κ3) is 6.10. The maximum atomic E-state index is 11.8. The molecule has 4 rings (SSSR count). The first-order chi connectivity index (χ1) is 16.2. The molecule has 1 N–H and O–H groups in total. The van der Waals surface area contributed by atoms with E-state index in [1.54, 1.807) is 37.4 Å². The molecular formula is C25H21N5O2Se. The fourth-order valence-electron chi connectivity index (χ4n) is 2.89. The second-order valence-corrected chi connectivity index (χ2v) is 8.84. The number of nitrogens with one attached hydrogen (secondary N) is 1. The summed E-state index contributed by atoms with van der Waals surface area (Å²) in [6, 6.07) is 26.6. The number of ether oxygens (including phenoxy) is 1. The molecule has 0 saturated heterocycles. The Balaban J connectivity index is 1.55. The normalized spacial score (nSPS) is 11.2. The zero-order valence-electron chi connectivity index (χ0n) is 17.9. The van der Waals surface area contributed by atoms with E-state index < -0.39 is 0 Å². The van der Waals surface area contributed by atoms with Crippen molar-refractivity contribution in [1.82, 2.24) is 4.98 Å². The van der Waals surface area contributed by atoms with Crippen molar-refractivity contribution in [3.63, 3.8) is 0 Å². The van der Waals surface area contributed by atoms with Gasteiger partial charge < -0.3 is 0 Å². The molecule has 4 aromatic rings. The molecule has 0 bridgehead atoms. The second kappa shape index (κ2) is 11.1. The molecule has 1 aromatic heterocycles. The quantitative estimate of drug-likeness (QED) is 0.108. The van der Waals surface area contributed by atoms with E-state index in [1.807, 2.05) is 60.7 Å². The van der Waals surface area contributed by atoms with Gasteiger partial charge in [-0.25, -0.2) is 0 Å². The number of hydrogen-bond acceptors (Lipinski definition) is 7. The molecule has 0 amide bonds. The van der Waals surface area contributed by atoms with Crippen LogP contribution >= 0.6 is 0 Å². The topological polar surface area (TPSA) is 88.3 Å². The van der Waals surface area contributed by atoms with E-state index in [4.69, 9.17) is 9.72 Å². The van der Waals surface area contributed by atoms with Gasteiger partial charge in [0.25, 0.3) is 0 Å². The average Bonchev–Trinajstić information content (AvgIpc) is 3.27. The zero-order valence-corrected chi connectivity index (χ0v) is 19.6. The fourth-order valence-corrected chi connectivity index (χ4v) is 4.49. The van der Waals surface area contributed by atoms with Gasteiger partial charge in [-0.2, -0.15) is 0 Å². The Hall–Kier alpha value is -3.87. The summed E-state index contributed by atoms with van der Waals surface area (Å²) in [5.74, 6) is -0.352. The first kappa shape index (κ1) is 22.3. The molecule has 8 heteroatoms. The second-order valence-electron chi connectivity index (χ2n) is 6.79. The van der Waals surface area contributed by atoms with Crippen molar-refractivity contribution in [3.8, 4) is 11.3 Å². The van der Waals surface area contributed by atoms with E-state index in [2.05, 4.69) is 20.8 Å². The first-order valence-electron chi connectivity index (χ1n) is 10.3. The van der Waals surface area contributed by atoms with E-state index in [0.717, 1.165) is 26.1 Å². The number of azo groups is 1. The molecule has 0 fully saturated rings. The van der Waals surface area contributed by atoms with Gasteiger partial charge in [0.2, 0.25) is 0 Å². The summed E-state index contributed by atoms with van der Waals surface area (Å²) in [5.41, 5.74) is 6.91. The molecule has 0 radical (unpaired) electrons. The summed E-state index contributed by atoms with van der Waals surface area (Å²) >= 11 is -0.187. The molecular weight excluding hydrogens is 481 g/mol. The standard InChI is InChI=1S/C25H21N5O2Se/c1-2-32-24(31)20-13-15-21(16-14-20)28-29-23-22(19-11-7-4-8-12-19)27-25(33-23)30-26-17-18-9-5-3-6-10-18/h3-17H,2H2,1H3,(H,27,30)/b26-17+,29-28?. The number of benzene rings is 3. The van der Waals surface area contributed by atoms with Crippen LogP contribution in [0.25, 0.3) is 11.3 Å². The summed E-state index contributed by atoms with van der Waals surface area (Å²) < 4.78 is 6.56. The minimum atomic E-state index is -0.352. The van der Waals surface area contributed by atoms with Crippen molar-refractivity contribution in [3.05, 3.63) is 96.1 Å². The predicted molar refractivity (Wildman–Crippen MR) is 131 cm³/mol.